The zero-order chi connectivity index (χ0) is 11.4. The van der Waals surface area contributed by atoms with Gasteiger partial charge in [-0.15, -0.1) is 0 Å². The number of hydrogen-bond donors (Lipinski definition) is 1. The topological polar surface area (TPSA) is 29.3 Å². The van der Waals surface area contributed by atoms with Crippen LogP contribution in [0.25, 0.3) is 0 Å². The molecule has 0 spiro atoms. The van der Waals surface area contributed by atoms with Gasteiger partial charge in [0.25, 0.3) is 0 Å². The van der Waals surface area contributed by atoms with E-state index in [4.69, 9.17) is 5.73 Å². The summed E-state index contributed by atoms with van der Waals surface area (Å²) in [5, 5.41) is 0. The highest BCUT2D eigenvalue weighted by Gasteiger charge is 2.57. The van der Waals surface area contributed by atoms with Gasteiger partial charge in [-0.3, -0.25) is 4.90 Å². The van der Waals surface area contributed by atoms with Crippen LogP contribution in [0.5, 0.6) is 0 Å². The second-order valence-corrected chi connectivity index (χ2v) is 6.89. The van der Waals surface area contributed by atoms with Gasteiger partial charge in [-0.1, -0.05) is 13.3 Å². The molecule has 0 aromatic rings. The van der Waals surface area contributed by atoms with Crippen LogP contribution in [0.1, 0.15) is 46.0 Å². The summed E-state index contributed by atoms with van der Waals surface area (Å²) in [4.78, 5) is 2.74. The van der Waals surface area contributed by atoms with E-state index in [0.29, 0.717) is 5.41 Å². The highest BCUT2D eigenvalue weighted by atomic mass is 15.3. The molecule has 0 aromatic carbocycles. The highest BCUT2D eigenvalue weighted by molar-refractivity contribution is 5.11. The summed E-state index contributed by atoms with van der Waals surface area (Å²) in [6.45, 7) is 8.35. The Labute approximate surface area is 99.6 Å². The fourth-order valence-electron chi connectivity index (χ4n) is 4.12. The van der Waals surface area contributed by atoms with Crippen LogP contribution >= 0.6 is 0 Å². The predicted octanol–water partition coefficient (Wildman–Crippen LogP) is 2.24. The summed E-state index contributed by atoms with van der Waals surface area (Å²) < 4.78 is 0. The SMILES string of the molecule is CC1(C(C)(CN)N2CC3CCCC3C2)CC1. The van der Waals surface area contributed by atoms with Gasteiger partial charge in [0.05, 0.1) is 0 Å². The van der Waals surface area contributed by atoms with Crippen molar-refractivity contribution in [3.8, 4) is 0 Å². The molecule has 1 aliphatic heterocycles. The van der Waals surface area contributed by atoms with E-state index < -0.39 is 0 Å². The van der Waals surface area contributed by atoms with Crippen LogP contribution in [0.2, 0.25) is 0 Å². The Balaban J connectivity index is 1.77. The molecular weight excluding hydrogens is 196 g/mol. The van der Waals surface area contributed by atoms with Crippen LogP contribution in [0.15, 0.2) is 0 Å². The largest absolute Gasteiger partial charge is 0.329 e. The predicted molar refractivity (Wildman–Crippen MR) is 67.2 cm³/mol. The molecule has 3 fully saturated rings. The monoisotopic (exact) mass is 222 g/mol. The van der Waals surface area contributed by atoms with Crippen molar-refractivity contribution < 1.29 is 0 Å². The number of rotatable bonds is 3. The van der Waals surface area contributed by atoms with Gasteiger partial charge >= 0.3 is 0 Å². The Morgan fingerprint density at radius 2 is 1.81 bits per heavy atom. The Kier molecular flexibility index (Phi) is 2.38. The normalized spacial score (nSPS) is 40.7. The maximum Gasteiger partial charge on any atom is 0.0357 e. The van der Waals surface area contributed by atoms with E-state index in [1.54, 1.807) is 0 Å². The lowest BCUT2D eigenvalue weighted by atomic mass is 9.82. The zero-order valence-corrected chi connectivity index (χ0v) is 10.8. The number of likely N-dealkylation sites (tertiary alicyclic amines) is 1. The maximum absolute atomic E-state index is 6.12. The van der Waals surface area contributed by atoms with E-state index in [1.165, 1.54) is 45.2 Å². The van der Waals surface area contributed by atoms with Crippen LogP contribution in [-0.4, -0.2) is 30.1 Å². The standard InChI is InChI=1S/C14H26N2/c1-13(6-7-13)14(2,10-15)16-8-11-4-3-5-12(11)9-16/h11-12H,3-10,15H2,1-2H3. The van der Waals surface area contributed by atoms with Gasteiger partial charge in [0.2, 0.25) is 0 Å². The minimum absolute atomic E-state index is 0.275. The van der Waals surface area contributed by atoms with Gasteiger partial charge in [0.1, 0.15) is 0 Å². The molecule has 92 valence electrons. The van der Waals surface area contributed by atoms with Crippen molar-refractivity contribution in [1.29, 1.82) is 0 Å². The summed E-state index contributed by atoms with van der Waals surface area (Å²) >= 11 is 0. The lowest BCUT2D eigenvalue weighted by Gasteiger charge is -2.44. The Morgan fingerprint density at radius 1 is 1.25 bits per heavy atom. The first-order valence-corrected chi connectivity index (χ1v) is 7.04. The molecule has 2 aliphatic carbocycles. The zero-order valence-electron chi connectivity index (χ0n) is 10.8. The van der Waals surface area contributed by atoms with Crippen molar-refractivity contribution in [1.82, 2.24) is 4.90 Å². The fraction of sp³-hybridized carbons (Fsp3) is 1.00. The van der Waals surface area contributed by atoms with Crippen LogP contribution in [0.3, 0.4) is 0 Å². The van der Waals surface area contributed by atoms with Gasteiger partial charge in [-0.05, 0) is 49.9 Å². The number of hydrogen-bond acceptors (Lipinski definition) is 2. The molecule has 16 heavy (non-hydrogen) atoms. The van der Waals surface area contributed by atoms with Crippen molar-refractivity contribution in [3.05, 3.63) is 0 Å². The number of nitrogens with two attached hydrogens (primary N) is 1. The van der Waals surface area contributed by atoms with Crippen molar-refractivity contribution in [2.45, 2.75) is 51.5 Å². The summed E-state index contributed by atoms with van der Waals surface area (Å²) in [7, 11) is 0. The fourth-order valence-corrected chi connectivity index (χ4v) is 4.12. The smallest absolute Gasteiger partial charge is 0.0357 e. The first kappa shape index (κ1) is 11.0. The third kappa shape index (κ3) is 1.39. The molecule has 3 aliphatic rings. The molecule has 3 unspecified atom stereocenters. The van der Waals surface area contributed by atoms with Crippen molar-refractivity contribution in [2.75, 3.05) is 19.6 Å². The minimum atomic E-state index is 0.275. The maximum atomic E-state index is 6.12. The summed E-state index contributed by atoms with van der Waals surface area (Å²) in [5.74, 6) is 1.99. The molecule has 1 heterocycles. The summed E-state index contributed by atoms with van der Waals surface area (Å²) in [5.41, 5.74) is 6.91. The molecule has 3 atom stereocenters. The molecule has 2 saturated carbocycles. The van der Waals surface area contributed by atoms with Crippen LogP contribution < -0.4 is 5.73 Å². The van der Waals surface area contributed by atoms with E-state index in [2.05, 4.69) is 18.7 Å². The molecule has 3 rings (SSSR count). The summed E-state index contributed by atoms with van der Waals surface area (Å²) in [6, 6.07) is 0. The lowest BCUT2D eigenvalue weighted by Crippen LogP contribution is -2.56. The van der Waals surface area contributed by atoms with E-state index in [-0.39, 0.29) is 5.54 Å². The number of nitrogens with zero attached hydrogens (tertiary/aromatic N) is 1. The average Bonchev–Trinajstić information content (AvgIpc) is 2.74. The number of fused-ring (bicyclic) bond motifs is 1. The molecule has 0 radical (unpaired) electrons. The Hall–Kier alpha value is -0.0800. The van der Waals surface area contributed by atoms with Crippen LogP contribution in [-0.2, 0) is 0 Å². The first-order valence-electron chi connectivity index (χ1n) is 7.04. The van der Waals surface area contributed by atoms with Crippen LogP contribution in [0.4, 0.5) is 0 Å². The first-order chi connectivity index (χ1) is 7.59. The molecule has 2 heteroatoms. The quantitative estimate of drug-likeness (QED) is 0.793. The van der Waals surface area contributed by atoms with E-state index in [1.807, 2.05) is 0 Å². The summed E-state index contributed by atoms with van der Waals surface area (Å²) in [6.07, 6.45) is 7.18. The molecular formula is C14H26N2. The molecule has 2 nitrogen and oxygen atoms in total. The molecule has 0 amide bonds. The lowest BCUT2D eigenvalue weighted by molar-refractivity contribution is 0.0628. The minimum Gasteiger partial charge on any atom is -0.329 e. The molecule has 0 bridgehead atoms. The third-order valence-electron chi connectivity index (χ3n) is 6.12. The average molecular weight is 222 g/mol. The third-order valence-corrected chi connectivity index (χ3v) is 6.12. The molecule has 2 N–H and O–H groups in total. The van der Waals surface area contributed by atoms with Crippen LogP contribution in [0, 0.1) is 17.3 Å². The molecule has 1 saturated heterocycles. The molecule has 0 aromatic heterocycles. The highest BCUT2D eigenvalue weighted by Crippen LogP contribution is 2.57. The van der Waals surface area contributed by atoms with E-state index >= 15 is 0 Å². The van der Waals surface area contributed by atoms with Gasteiger partial charge in [0.15, 0.2) is 0 Å². The van der Waals surface area contributed by atoms with E-state index in [0.717, 1.165) is 18.4 Å². The van der Waals surface area contributed by atoms with Gasteiger partial charge in [-0.2, -0.15) is 0 Å². The van der Waals surface area contributed by atoms with Crippen molar-refractivity contribution >= 4 is 0 Å². The Bertz CT molecular complexity index is 272. The van der Waals surface area contributed by atoms with E-state index in [9.17, 15) is 0 Å². The van der Waals surface area contributed by atoms with Crippen molar-refractivity contribution in [2.24, 2.45) is 23.0 Å². The second kappa shape index (κ2) is 3.46. The second-order valence-electron chi connectivity index (χ2n) is 6.89. The van der Waals surface area contributed by atoms with Gasteiger partial charge < -0.3 is 5.73 Å². The van der Waals surface area contributed by atoms with Gasteiger partial charge in [0, 0.05) is 25.2 Å². The van der Waals surface area contributed by atoms with Crippen molar-refractivity contribution in [3.63, 3.8) is 0 Å². The van der Waals surface area contributed by atoms with Gasteiger partial charge in [-0.25, -0.2) is 0 Å². The Morgan fingerprint density at radius 3 is 2.25 bits per heavy atom.